The zero-order valence-electron chi connectivity index (χ0n) is 6.85. The van der Waals surface area contributed by atoms with Crippen LogP contribution in [0.5, 0.6) is 0 Å². The van der Waals surface area contributed by atoms with Gasteiger partial charge in [-0.15, -0.1) is 0 Å². The van der Waals surface area contributed by atoms with E-state index in [1.807, 2.05) is 0 Å². The monoisotopic (exact) mass is 171 g/mol. The van der Waals surface area contributed by atoms with Crippen LogP contribution in [0.4, 0.5) is 8.78 Å². The molecule has 0 spiro atoms. The topological polar surface area (TPSA) is 26.0 Å². The Morgan fingerprint density at radius 1 is 1.50 bits per heavy atom. The summed E-state index contributed by atoms with van der Waals surface area (Å²) >= 11 is 0. The van der Waals surface area contributed by atoms with Crippen molar-refractivity contribution in [2.24, 2.45) is 5.73 Å². The summed E-state index contributed by atoms with van der Waals surface area (Å²) in [7, 11) is 0. The van der Waals surface area contributed by atoms with Gasteiger partial charge in [0.15, 0.2) is 0 Å². The van der Waals surface area contributed by atoms with Gasteiger partial charge in [-0.1, -0.05) is 12.1 Å². The summed E-state index contributed by atoms with van der Waals surface area (Å²) in [6.07, 6.45) is -1.19. The second-order valence-corrected chi connectivity index (χ2v) is 2.71. The number of aryl methyl sites for hydroxylation is 1. The van der Waals surface area contributed by atoms with Gasteiger partial charge in [0, 0.05) is 6.54 Å². The average Bonchev–Trinajstić information content (AvgIpc) is 2.08. The molecular weight excluding hydrogens is 160 g/mol. The van der Waals surface area contributed by atoms with E-state index in [-0.39, 0.29) is 12.4 Å². The van der Waals surface area contributed by atoms with E-state index in [0.29, 0.717) is 11.1 Å². The number of rotatable bonds is 2. The first-order valence-corrected chi connectivity index (χ1v) is 3.75. The van der Waals surface area contributed by atoms with Crippen LogP contribution in [0.25, 0.3) is 0 Å². The molecule has 0 fully saturated rings. The predicted molar refractivity (Wildman–Crippen MR) is 44.0 cm³/mol. The summed E-state index contributed by atoms with van der Waals surface area (Å²) in [5, 5.41) is 0. The second-order valence-electron chi connectivity index (χ2n) is 2.71. The standard InChI is InChI=1S/C9H11F2N/c1-6-4-7(9(11)5-12)2-3-8(6)10/h2-4,9H,5,12H2,1H3. The first-order chi connectivity index (χ1) is 5.65. The first-order valence-electron chi connectivity index (χ1n) is 3.75. The SMILES string of the molecule is Cc1cc(C(F)CN)ccc1F. The minimum atomic E-state index is -1.19. The van der Waals surface area contributed by atoms with Crippen molar-refractivity contribution < 1.29 is 8.78 Å². The number of nitrogens with two attached hydrogens (primary N) is 1. The quantitative estimate of drug-likeness (QED) is 0.724. The maximum Gasteiger partial charge on any atom is 0.137 e. The Hall–Kier alpha value is -0.960. The molecule has 1 atom stereocenters. The molecule has 1 rings (SSSR count). The molecule has 0 aliphatic rings. The lowest BCUT2D eigenvalue weighted by atomic mass is 10.1. The van der Waals surface area contributed by atoms with E-state index >= 15 is 0 Å². The Morgan fingerprint density at radius 2 is 2.17 bits per heavy atom. The van der Waals surface area contributed by atoms with Crippen molar-refractivity contribution in [3.05, 3.63) is 35.1 Å². The number of hydrogen-bond donors (Lipinski definition) is 1. The van der Waals surface area contributed by atoms with Gasteiger partial charge < -0.3 is 5.73 Å². The molecule has 66 valence electrons. The third-order valence-electron chi connectivity index (χ3n) is 1.75. The summed E-state index contributed by atoms with van der Waals surface area (Å²) in [6, 6.07) is 4.15. The lowest BCUT2D eigenvalue weighted by molar-refractivity contribution is 0.352. The summed E-state index contributed by atoms with van der Waals surface area (Å²) < 4.78 is 25.6. The molecule has 1 aromatic rings. The van der Waals surface area contributed by atoms with Gasteiger partial charge in [-0.2, -0.15) is 0 Å². The molecule has 1 nitrogen and oxygen atoms in total. The Balaban J connectivity index is 2.96. The molecule has 1 unspecified atom stereocenters. The first kappa shape index (κ1) is 9.13. The number of alkyl halides is 1. The molecule has 0 aliphatic carbocycles. The molecule has 0 radical (unpaired) electrons. The van der Waals surface area contributed by atoms with Crippen LogP contribution in [0.15, 0.2) is 18.2 Å². The Labute approximate surface area is 70.2 Å². The van der Waals surface area contributed by atoms with Gasteiger partial charge in [0.1, 0.15) is 12.0 Å². The molecule has 0 saturated heterocycles. The smallest absolute Gasteiger partial charge is 0.137 e. The van der Waals surface area contributed by atoms with Gasteiger partial charge in [-0.3, -0.25) is 0 Å². The van der Waals surface area contributed by atoms with Crippen LogP contribution in [-0.2, 0) is 0 Å². The molecule has 0 bridgehead atoms. The fourth-order valence-corrected chi connectivity index (χ4v) is 0.999. The van der Waals surface area contributed by atoms with Crippen LogP contribution in [0.3, 0.4) is 0 Å². The fourth-order valence-electron chi connectivity index (χ4n) is 0.999. The molecule has 12 heavy (non-hydrogen) atoms. The predicted octanol–water partition coefficient (Wildman–Crippen LogP) is 2.10. The number of halogens is 2. The van der Waals surface area contributed by atoms with E-state index in [2.05, 4.69) is 0 Å². The van der Waals surface area contributed by atoms with Gasteiger partial charge in [0.2, 0.25) is 0 Å². The highest BCUT2D eigenvalue weighted by molar-refractivity contribution is 5.25. The highest BCUT2D eigenvalue weighted by Gasteiger charge is 2.08. The van der Waals surface area contributed by atoms with E-state index < -0.39 is 6.17 Å². The molecule has 0 heterocycles. The zero-order chi connectivity index (χ0) is 9.14. The lowest BCUT2D eigenvalue weighted by Crippen LogP contribution is -2.07. The Morgan fingerprint density at radius 3 is 2.67 bits per heavy atom. The molecule has 3 heteroatoms. The van der Waals surface area contributed by atoms with E-state index in [1.165, 1.54) is 18.2 Å². The summed E-state index contributed by atoms with van der Waals surface area (Å²) in [6.45, 7) is 1.53. The number of hydrogen-bond acceptors (Lipinski definition) is 1. The Bertz CT molecular complexity index is 273. The van der Waals surface area contributed by atoms with Crippen LogP contribution < -0.4 is 5.73 Å². The highest BCUT2D eigenvalue weighted by Crippen LogP contribution is 2.18. The summed E-state index contributed by atoms with van der Waals surface area (Å²) in [5.41, 5.74) is 6.01. The maximum atomic E-state index is 12.9. The third-order valence-corrected chi connectivity index (χ3v) is 1.75. The normalized spacial score (nSPS) is 13.0. The van der Waals surface area contributed by atoms with Gasteiger partial charge in [0.05, 0.1) is 0 Å². The molecule has 1 aromatic carbocycles. The van der Waals surface area contributed by atoms with Crippen LogP contribution in [-0.4, -0.2) is 6.54 Å². The molecule has 0 saturated carbocycles. The van der Waals surface area contributed by atoms with Crippen molar-refractivity contribution in [1.82, 2.24) is 0 Å². The largest absolute Gasteiger partial charge is 0.327 e. The third kappa shape index (κ3) is 1.80. The Kier molecular flexibility index (Phi) is 2.76. The molecule has 0 aliphatic heterocycles. The van der Waals surface area contributed by atoms with Crippen molar-refractivity contribution in [2.45, 2.75) is 13.1 Å². The highest BCUT2D eigenvalue weighted by atomic mass is 19.1. The van der Waals surface area contributed by atoms with Crippen molar-refractivity contribution in [3.63, 3.8) is 0 Å². The van der Waals surface area contributed by atoms with Crippen LogP contribution in [0.1, 0.15) is 17.3 Å². The van der Waals surface area contributed by atoms with E-state index in [0.717, 1.165) is 0 Å². The zero-order valence-corrected chi connectivity index (χ0v) is 6.85. The lowest BCUT2D eigenvalue weighted by Gasteiger charge is -2.06. The molecule has 2 N–H and O–H groups in total. The second kappa shape index (κ2) is 3.63. The van der Waals surface area contributed by atoms with Gasteiger partial charge in [0.25, 0.3) is 0 Å². The van der Waals surface area contributed by atoms with Crippen molar-refractivity contribution in [1.29, 1.82) is 0 Å². The summed E-state index contributed by atoms with van der Waals surface area (Å²) in [4.78, 5) is 0. The van der Waals surface area contributed by atoms with E-state index in [1.54, 1.807) is 6.92 Å². The minimum absolute atomic E-state index is 0.0644. The molecular formula is C9H11F2N. The van der Waals surface area contributed by atoms with E-state index in [9.17, 15) is 8.78 Å². The maximum absolute atomic E-state index is 12.9. The van der Waals surface area contributed by atoms with Gasteiger partial charge in [-0.05, 0) is 24.1 Å². The van der Waals surface area contributed by atoms with E-state index in [4.69, 9.17) is 5.73 Å². The molecule has 0 amide bonds. The van der Waals surface area contributed by atoms with Crippen molar-refractivity contribution in [2.75, 3.05) is 6.54 Å². The van der Waals surface area contributed by atoms with Gasteiger partial charge in [-0.25, -0.2) is 8.78 Å². The average molecular weight is 171 g/mol. The number of benzene rings is 1. The van der Waals surface area contributed by atoms with Crippen molar-refractivity contribution >= 4 is 0 Å². The van der Waals surface area contributed by atoms with Crippen LogP contribution in [0.2, 0.25) is 0 Å². The van der Waals surface area contributed by atoms with Crippen molar-refractivity contribution in [3.8, 4) is 0 Å². The van der Waals surface area contributed by atoms with Crippen LogP contribution in [0, 0.1) is 12.7 Å². The minimum Gasteiger partial charge on any atom is -0.327 e. The summed E-state index contributed by atoms with van der Waals surface area (Å²) in [5.74, 6) is -0.317. The fraction of sp³-hybridized carbons (Fsp3) is 0.333. The molecule has 0 aromatic heterocycles. The van der Waals surface area contributed by atoms with Crippen LogP contribution >= 0.6 is 0 Å². The van der Waals surface area contributed by atoms with Gasteiger partial charge >= 0.3 is 0 Å².